The van der Waals surface area contributed by atoms with Crippen LogP contribution in [-0.2, 0) is 0 Å². The van der Waals surface area contributed by atoms with Gasteiger partial charge in [-0.25, -0.2) is 4.79 Å². The summed E-state index contributed by atoms with van der Waals surface area (Å²) < 4.78 is 39.4. The summed E-state index contributed by atoms with van der Waals surface area (Å²) in [4.78, 5) is 13.5. The molecule has 1 aliphatic rings. The summed E-state index contributed by atoms with van der Waals surface area (Å²) in [5.41, 5.74) is 0.166. The van der Waals surface area contributed by atoms with E-state index < -0.39 is 24.7 Å². The second kappa shape index (κ2) is 7.06. The van der Waals surface area contributed by atoms with Crippen molar-refractivity contribution in [1.29, 1.82) is 0 Å². The Kier molecular flexibility index (Phi) is 5.39. The van der Waals surface area contributed by atoms with Crippen LogP contribution < -0.4 is 5.32 Å². The van der Waals surface area contributed by atoms with Gasteiger partial charge in [-0.05, 0) is 5.56 Å². The molecule has 1 atom stereocenters. The van der Waals surface area contributed by atoms with Gasteiger partial charge in [0, 0.05) is 31.1 Å². The lowest BCUT2D eigenvalue weighted by atomic mass is 9.98. The average Bonchev–Trinajstić information content (AvgIpc) is 2.48. The van der Waals surface area contributed by atoms with Crippen LogP contribution in [0.3, 0.4) is 0 Å². The van der Waals surface area contributed by atoms with E-state index in [1.54, 1.807) is 34.9 Å². The first-order chi connectivity index (χ1) is 9.98. The summed E-state index contributed by atoms with van der Waals surface area (Å²) in [6.45, 7) is 0.729. The van der Waals surface area contributed by atoms with Crippen molar-refractivity contribution in [3.8, 4) is 0 Å². The Morgan fingerprint density at radius 3 is 2.43 bits per heavy atom. The van der Waals surface area contributed by atoms with Crippen molar-refractivity contribution in [3.05, 3.63) is 35.9 Å². The molecular formula is C14H17F3N2OS. The van der Waals surface area contributed by atoms with Crippen LogP contribution in [0.5, 0.6) is 0 Å². The van der Waals surface area contributed by atoms with Gasteiger partial charge in [0.2, 0.25) is 0 Å². The largest absolute Gasteiger partial charge is 0.397 e. The number of benzene rings is 1. The molecule has 0 spiro atoms. The highest BCUT2D eigenvalue weighted by molar-refractivity contribution is 7.99. The molecule has 1 aliphatic heterocycles. The van der Waals surface area contributed by atoms with Crippen LogP contribution in [0.25, 0.3) is 0 Å². The highest BCUT2D eigenvalue weighted by Gasteiger charge is 2.40. The number of nitrogens with one attached hydrogen (secondary N) is 1. The number of carbonyl (C=O) groups excluding carboxylic acids is 1. The van der Waals surface area contributed by atoms with Gasteiger partial charge in [0.25, 0.3) is 0 Å². The van der Waals surface area contributed by atoms with Crippen molar-refractivity contribution in [3.63, 3.8) is 0 Å². The molecule has 21 heavy (non-hydrogen) atoms. The van der Waals surface area contributed by atoms with Gasteiger partial charge in [-0.15, -0.1) is 0 Å². The number of thioether (sulfide) groups is 1. The summed E-state index contributed by atoms with van der Waals surface area (Å²) >= 11 is 1.74. The second-order valence-electron chi connectivity index (χ2n) is 4.79. The molecule has 0 saturated carbocycles. The van der Waals surface area contributed by atoms with Crippen molar-refractivity contribution in [2.24, 2.45) is 0 Å². The molecule has 1 aromatic carbocycles. The zero-order chi connectivity index (χ0) is 15.3. The lowest BCUT2D eigenvalue weighted by molar-refractivity contribution is -0.149. The quantitative estimate of drug-likeness (QED) is 0.929. The molecule has 3 nitrogen and oxygen atoms in total. The first-order valence-corrected chi connectivity index (χ1v) is 7.86. The number of hydrogen-bond acceptors (Lipinski definition) is 2. The van der Waals surface area contributed by atoms with E-state index in [1.807, 2.05) is 0 Å². The minimum atomic E-state index is -4.38. The minimum Gasteiger partial charge on any atom is -0.337 e. The Labute approximate surface area is 125 Å². The lowest BCUT2D eigenvalue weighted by Crippen LogP contribution is -2.46. The minimum absolute atomic E-state index is 0.166. The monoisotopic (exact) mass is 318 g/mol. The number of amides is 2. The second-order valence-corrected chi connectivity index (χ2v) is 6.02. The Morgan fingerprint density at radius 1 is 1.24 bits per heavy atom. The van der Waals surface area contributed by atoms with Crippen LogP contribution in [-0.4, -0.2) is 48.2 Å². The first kappa shape index (κ1) is 16.0. The van der Waals surface area contributed by atoms with Crippen molar-refractivity contribution in [2.45, 2.75) is 12.1 Å². The molecule has 0 unspecified atom stereocenters. The van der Waals surface area contributed by atoms with Crippen molar-refractivity contribution >= 4 is 17.8 Å². The topological polar surface area (TPSA) is 32.3 Å². The molecule has 7 heteroatoms. The molecule has 2 amide bonds. The fourth-order valence-electron chi connectivity index (χ4n) is 2.18. The van der Waals surface area contributed by atoms with Crippen LogP contribution in [0.4, 0.5) is 18.0 Å². The fraction of sp³-hybridized carbons (Fsp3) is 0.500. The van der Waals surface area contributed by atoms with Crippen molar-refractivity contribution in [2.75, 3.05) is 31.1 Å². The SMILES string of the molecule is O=C(NC[C@@H](c1ccccc1)C(F)(F)F)N1CCSCC1. The van der Waals surface area contributed by atoms with Gasteiger partial charge in [-0.2, -0.15) is 24.9 Å². The number of hydrogen-bond donors (Lipinski definition) is 1. The molecule has 116 valence electrons. The molecule has 1 aromatic rings. The van der Waals surface area contributed by atoms with E-state index in [-0.39, 0.29) is 5.56 Å². The third-order valence-electron chi connectivity index (χ3n) is 3.35. The number of urea groups is 1. The zero-order valence-corrected chi connectivity index (χ0v) is 12.2. The summed E-state index contributed by atoms with van der Waals surface area (Å²) in [5.74, 6) is -0.0225. The molecule has 2 rings (SSSR count). The summed E-state index contributed by atoms with van der Waals surface area (Å²) in [7, 11) is 0. The summed E-state index contributed by atoms with van der Waals surface area (Å²) in [6, 6.07) is 7.25. The van der Waals surface area contributed by atoms with E-state index in [9.17, 15) is 18.0 Å². The van der Waals surface area contributed by atoms with E-state index in [1.165, 1.54) is 12.1 Å². The fourth-order valence-corrected chi connectivity index (χ4v) is 3.08. The van der Waals surface area contributed by atoms with E-state index in [0.29, 0.717) is 13.1 Å². The molecule has 0 bridgehead atoms. The van der Waals surface area contributed by atoms with Crippen molar-refractivity contribution < 1.29 is 18.0 Å². The van der Waals surface area contributed by atoms with E-state index in [2.05, 4.69) is 5.32 Å². The normalized spacial score (nSPS) is 17.4. The number of rotatable bonds is 3. The van der Waals surface area contributed by atoms with Gasteiger partial charge in [0.05, 0.1) is 5.92 Å². The summed E-state index contributed by atoms with van der Waals surface area (Å²) in [6.07, 6.45) is -4.38. The maximum Gasteiger partial charge on any atom is 0.397 e. The first-order valence-electron chi connectivity index (χ1n) is 6.70. The Balaban J connectivity index is 1.98. The maximum absolute atomic E-state index is 13.1. The number of nitrogens with zero attached hydrogens (tertiary/aromatic N) is 1. The molecule has 0 aromatic heterocycles. The van der Waals surface area contributed by atoms with Gasteiger partial charge >= 0.3 is 12.2 Å². The Morgan fingerprint density at radius 2 is 1.86 bits per heavy atom. The van der Waals surface area contributed by atoms with Gasteiger partial charge in [-0.1, -0.05) is 30.3 Å². The van der Waals surface area contributed by atoms with Crippen LogP contribution in [0.15, 0.2) is 30.3 Å². The summed E-state index contributed by atoms with van der Waals surface area (Å²) in [5, 5.41) is 2.42. The third kappa shape index (κ3) is 4.56. The highest BCUT2D eigenvalue weighted by atomic mass is 32.2. The number of halogens is 3. The molecule has 1 fully saturated rings. The van der Waals surface area contributed by atoms with Crippen LogP contribution >= 0.6 is 11.8 Å². The van der Waals surface area contributed by atoms with Crippen LogP contribution in [0, 0.1) is 0 Å². The van der Waals surface area contributed by atoms with Gasteiger partial charge < -0.3 is 10.2 Å². The molecule has 1 heterocycles. The molecule has 0 aliphatic carbocycles. The lowest BCUT2D eigenvalue weighted by Gasteiger charge is -2.28. The van der Waals surface area contributed by atoms with Gasteiger partial charge in [0.15, 0.2) is 0 Å². The highest BCUT2D eigenvalue weighted by Crippen LogP contribution is 2.34. The van der Waals surface area contributed by atoms with Gasteiger partial charge in [0.1, 0.15) is 0 Å². The number of alkyl halides is 3. The zero-order valence-electron chi connectivity index (χ0n) is 11.4. The molecular weight excluding hydrogens is 301 g/mol. The van der Waals surface area contributed by atoms with Crippen molar-refractivity contribution in [1.82, 2.24) is 10.2 Å². The third-order valence-corrected chi connectivity index (χ3v) is 4.30. The van der Waals surface area contributed by atoms with Gasteiger partial charge in [-0.3, -0.25) is 0 Å². The van der Waals surface area contributed by atoms with Crippen LogP contribution in [0.2, 0.25) is 0 Å². The molecule has 1 saturated heterocycles. The predicted octanol–water partition coefficient (Wildman–Crippen LogP) is 3.09. The standard InChI is InChI=1S/C14H17F3N2OS/c15-14(16,17)12(11-4-2-1-3-5-11)10-18-13(20)19-6-8-21-9-7-19/h1-5,12H,6-10H2,(H,18,20)/t12-/m0/s1. The van der Waals surface area contributed by atoms with E-state index in [0.717, 1.165) is 11.5 Å². The Hall–Kier alpha value is -1.37. The van der Waals surface area contributed by atoms with E-state index in [4.69, 9.17) is 0 Å². The smallest absolute Gasteiger partial charge is 0.337 e. The maximum atomic E-state index is 13.1. The number of carbonyl (C=O) groups is 1. The predicted molar refractivity (Wildman–Crippen MR) is 77.5 cm³/mol. The van der Waals surface area contributed by atoms with Crippen LogP contribution in [0.1, 0.15) is 11.5 Å². The Bertz CT molecular complexity index is 461. The molecule has 1 N–H and O–H groups in total. The molecule has 0 radical (unpaired) electrons. The van der Waals surface area contributed by atoms with E-state index >= 15 is 0 Å². The average molecular weight is 318 g/mol.